The summed E-state index contributed by atoms with van der Waals surface area (Å²) in [6, 6.07) is 18.9. The molecule has 0 aliphatic heterocycles. The number of nitrogens with one attached hydrogen (secondary N) is 1. The van der Waals surface area contributed by atoms with Crippen LogP contribution in [0, 0.1) is 13.8 Å². The van der Waals surface area contributed by atoms with Crippen LogP contribution in [0.25, 0.3) is 10.8 Å². The third-order valence-corrected chi connectivity index (χ3v) is 4.00. The maximum absolute atomic E-state index is 12.1. The number of fused-ring (bicyclic) bond motifs is 1. The van der Waals surface area contributed by atoms with E-state index in [0.717, 1.165) is 21.9 Å². The first-order valence-corrected chi connectivity index (χ1v) is 8.06. The molecule has 4 nitrogen and oxygen atoms in total. The minimum atomic E-state index is -0.495. The zero-order valence-electron chi connectivity index (χ0n) is 14.2. The highest BCUT2D eigenvalue weighted by Gasteiger charge is 2.13. The molecule has 4 heteroatoms. The Hall–Kier alpha value is -3.14. The van der Waals surface area contributed by atoms with Gasteiger partial charge in [-0.15, -0.1) is 0 Å². The second-order valence-corrected chi connectivity index (χ2v) is 5.97. The molecule has 3 rings (SSSR count). The van der Waals surface area contributed by atoms with Gasteiger partial charge in [0, 0.05) is 11.1 Å². The van der Waals surface area contributed by atoms with Crippen LogP contribution in [0.1, 0.15) is 21.5 Å². The summed E-state index contributed by atoms with van der Waals surface area (Å²) in [4.78, 5) is 24.3. The van der Waals surface area contributed by atoms with Crippen molar-refractivity contribution in [3.05, 3.63) is 77.4 Å². The number of ether oxygens (including phenoxy) is 1. The average Bonchev–Trinajstić information content (AvgIpc) is 2.60. The fourth-order valence-corrected chi connectivity index (χ4v) is 2.77. The molecule has 0 aliphatic rings. The third kappa shape index (κ3) is 3.86. The smallest absolute Gasteiger partial charge is 0.338 e. The molecule has 126 valence electrons. The molecule has 0 radical (unpaired) electrons. The largest absolute Gasteiger partial charge is 0.452 e. The van der Waals surface area contributed by atoms with E-state index in [1.807, 2.05) is 68.4 Å². The standard InChI is InChI=1S/C21H19NO3/c1-14-10-11-17(15(2)12-14)21(24)25-13-20(23)22-19-9-5-7-16-6-3-4-8-18(16)19/h3-12H,13H2,1-2H3,(H,22,23). The first-order chi connectivity index (χ1) is 12.0. The molecule has 1 N–H and O–H groups in total. The Morgan fingerprint density at radius 2 is 1.72 bits per heavy atom. The Morgan fingerprint density at radius 1 is 0.960 bits per heavy atom. The van der Waals surface area contributed by atoms with Crippen molar-refractivity contribution in [1.29, 1.82) is 0 Å². The van der Waals surface area contributed by atoms with Crippen LogP contribution >= 0.6 is 0 Å². The Labute approximate surface area is 146 Å². The first kappa shape index (κ1) is 16.7. The summed E-state index contributed by atoms with van der Waals surface area (Å²) in [5.41, 5.74) is 3.08. The molecule has 0 aliphatic carbocycles. The Kier molecular flexibility index (Phi) is 4.80. The Bertz CT molecular complexity index is 942. The van der Waals surface area contributed by atoms with Crippen LogP contribution in [0.2, 0.25) is 0 Å². The molecule has 25 heavy (non-hydrogen) atoms. The Morgan fingerprint density at radius 3 is 2.52 bits per heavy atom. The molecule has 3 aromatic rings. The molecule has 1 amide bonds. The van der Waals surface area contributed by atoms with Gasteiger partial charge in [0.15, 0.2) is 6.61 Å². The lowest BCUT2D eigenvalue weighted by atomic mass is 10.1. The molecule has 0 heterocycles. The lowest BCUT2D eigenvalue weighted by Crippen LogP contribution is -2.21. The first-order valence-electron chi connectivity index (χ1n) is 8.06. The molecule has 0 unspecified atom stereocenters. The van der Waals surface area contributed by atoms with Crippen molar-refractivity contribution in [3.8, 4) is 0 Å². The fourth-order valence-electron chi connectivity index (χ4n) is 2.77. The van der Waals surface area contributed by atoms with Gasteiger partial charge in [0.05, 0.1) is 5.56 Å². The van der Waals surface area contributed by atoms with Crippen LogP contribution in [0.5, 0.6) is 0 Å². The predicted molar refractivity (Wildman–Crippen MR) is 98.8 cm³/mol. The average molecular weight is 333 g/mol. The predicted octanol–water partition coefficient (Wildman–Crippen LogP) is 4.25. The molecule has 0 bridgehead atoms. The van der Waals surface area contributed by atoms with Gasteiger partial charge in [-0.2, -0.15) is 0 Å². The van der Waals surface area contributed by atoms with E-state index in [1.165, 1.54) is 0 Å². The number of rotatable bonds is 4. The van der Waals surface area contributed by atoms with Crippen LogP contribution in [-0.2, 0) is 9.53 Å². The number of carbonyl (C=O) groups is 2. The molecule has 0 saturated carbocycles. The quantitative estimate of drug-likeness (QED) is 0.726. The number of esters is 1. The van der Waals surface area contributed by atoms with E-state index >= 15 is 0 Å². The van der Waals surface area contributed by atoms with E-state index in [2.05, 4.69) is 5.32 Å². The van der Waals surface area contributed by atoms with Crippen molar-refractivity contribution in [2.24, 2.45) is 0 Å². The van der Waals surface area contributed by atoms with Crippen molar-refractivity contribution < 1.29 is 14.3 Å². The van der Waals surface area contributed by atoms with Gasteiger partial charge < -0.3 is 10.1 Å². The topological polar surface area (TPSA) is 55.4 Å². The van der Waals surface area contributed by atoms with E-state index in [1.54, 1.807) is 6.07 Å². The monoisotopic (exact) mass is 333 g/mol. The van der Waals surface area contributed by atoms with Crippen molar-refractivity contribution in [3.63, 3.8) is 0 Å². The third-order valence-electron chi connectivity index (χ3n) is 4.00. The van der Waals surface area contributed by atoms with Gasteiger partial charge in [-0.05, 0) is 36.9 Å². The molecular formula is C21H19NO3. The molecular weight excluding hydrogens is 314 g/mol. The summed E-state index contributed by atoms with van der Waals surface area (Å²) in [5, 5.41) is 4.78. The Balaban J connectivity index is 1.65. The summed E-state index contributed by atoms with van der Waals surface area (Å²) >= 11 is 0. The van der Waals surface area contributed by atoms with Crippen molar-refractivity contribution >= 4 is 28.3 Å². The number of carbonyl (C=O) groups excluding carboxylic acids is 2. The van der Waals surface area contributed by atoms with Gasteiger partial charge >= 0.3 is 5.97 Å². The minimum absolute atomic E-state index is 0.324. The van der Waals surface area contributed by atoms with E-state index in [-0.39, 0.29) is 12.5 Å². The summed E-state index contributed by atoms with van der Waals surface area (Å²) in [6.07, 6.45) is 0. The fraction of sp³-hybridized carbons (Fsp3) is 0.143. The van der Waals surface area contributed by atoms with E-state index in [9.17, 15) is 9.59 Å². The van der Waals surface area contributed by atoms with Gasteiger partial charge in [0.1, 0.15) is 0 Å². The van der Waals surface area contributed by atoms with Gasteiger partial charge in [-0.25, -0.2) is 4.79 Å². The molecule has 0 aromatic heterocycles. The van der Waals surface area contributed by atoms with Crippen molar-refractivity contribution in [2.75, 3.05) is 11.9 Å². The van der Waals surface area contributed by atoms with E-state index in [4.69, 9.17) is 4.74 Å². The highest BCUT2D eigenvalue weighted by Crippen LogP contribution is 2.22. The highest BCUT2D eigenvalue weighted by molar-refractivity contribution is 6.03. The highest BCUT2D eigenvalue weighted by atomic mass is 16.5. The molecule has 0 saturated heterocycles. The maximum Gasteiger partial charge on any atom is 0.338 e. The van der Waals surface area contributed by atoms with Crippen molar-refractivity contribution in [2.45, 2.75) is 13.8 Å². The van der Waals surface area contributed by atoms with Crippen LogP contribution in [-0.4, -0.2) is 18.5 Å². The summed E-state index contributed by atoms with van der Waals surface area (Å²) < 4.78 is 5.14. The lowest BCUT2D eigenvalue weighted by Gasteiger charge is -2.10. The molecule has 0 spiro atoms. The van der Waals surface area contributed by atoms with E-state index < -0.39 is 5.97 Å². The molecule has 3 aromatic carbocycles. The molecule has 0 atom stereocenters. The van der Waals surface area contributed by atoms with Gasteiger partial charge in [0.2, 0.25) is 0 Å². The second kappa shape index (κ2) is 7.18. The van der Waals surface area contributed by atoms with Crippen LogP contribution in [0.3, 0.4) is 0 Å². The maximum atomic E-state index is 12.1. The number of anilines is 1. The molecule has 0 fully saturated rings. The summed E-state index contributed by atoms with van der Waals surface area (Å²) in [6.45, 7) is 3.48. The zero-order chi connectivity index (χ0) is 17.8. The van der Waals surface area contributed by atoms with Crippen LogP contribution < -0.4 is 5.32 Å². The number of benzene rings is 3. The number of hydrogen-bond acceptors (Lipinski definition) is 3. The lowest BCUT2D eigenvalue weighted by molar-refractivity contribution is -0.119. The van der Waals surface area contributed by atoms with E-state index in [0.29, 0.717) is 11.3 Å². The van der Waals surface area contributed by atoms with Crippen LogP contribution in [0.4, 0.5) is 5.69 Å². The van der Waals surface area contributed by atoms with Crippen molar-refractivity contribution in [1.82, 2.24) is 0 Å². The zero-order valence-corrected chi connectivity index (χ0v) is 14.2. The van der Waals surface area contributed by atoms with Crippen LogP contribution in [0.15, 0.2) is 60.7 Å². The second-order valence-electron chi connectivity index (χ2n) is 5.97. The van der Waals surface area contributed by atoms with Gasteiger partial charge in [0.25, 0.3) is 5.91 Å². The number of aryl methyl sites for hydroxylation is 2. The number of amides is 1. The number of hydrogen-bond donors (Lipinski definition) is 1. The minimum Gasteiger partial charge on any atom is -0.452 e. The summed E-state index contributed by atoms with van der Waals surface area (Å²) in [7, 11) is 0. The SMILES string of the molecule is Cc1ccc(C(=O)OCC(=O)Nc2cccc3ccccc23)c(C)c1. The van der Waals surface area contributed by atoms with Gasteiger partial charge in [-0.1, -0.05) is 54.1 Å². The summed E-state index contributed by atoms with van der Waals surface area (Å²) in [5.74, 6) is -0.861. The van der Waals surface area contributed by atoms with Gasteiger partial charge in [-0.3, -0.25) is 4.79 Å². The normalized spacial score (nSPS) is 10.5.